The van der Waals surface area contributed by atoms with Crippen molar-refractivity contribution in [1.29, 1.82) is 0 Å². The fourth-order valence-electron chi connectivity index (χ4n) is 1.11. The number of anilines is 1. The zero-order valence-corrected chi connectivity index (χ0v) is 11.0. The van der Waals surface area contributed by atoms with Crippen LogP contribution in [0.5, 0.6) is 0 Å². The Balaban J connectivity index is 2.49. The van der Waals surface area contributed by atoms with Crippen LogP contribution in [-0.4, -0.2) is 21.3 Å². The summed E-state index contributed by atoms with van der Waals surface area (Å²) in [6.45, 7) is 6.37. The molecule has 0 radical (unpaired) electrons. The van der Waals surface area contributed by atoms with Gasteiger partial charge < -0.3 is 5.32 Å². The van der Waals surface area contributed by atoms with Gasteiger partial charge in [0.25, 0.3) is 0 Å². The minimum absolute atomic E-state index is 0.338. The summed E-state index contributed by atoms with van der Waals surface area (Å²) in [5, 5.41) is 4.24. The van der Waals surface area contributed by atoms with E-state index in [1.54, 1.807) is 0 Å². The van der Waals surface area contributed by atoms with Crippen molar-refractivity contribution < 1.29 is 0 Å². The van der Waals surface area contributed by atoms with Gasteiger partial charge in [-0.3, -0.25) is 0 Å². The predicted octanol–water partition coefficient (Wildman–Crippen LogP) is 3.17. The SMILES string of the molecule is CCCc1nsc(NC(C)C(C)CCl)n1. The molecule has 1 aromatic heterocycles. The lowest BCUT2D eigenvalue weighted by Gasteiger charge is -2.17. The quantitative estimate of drug-likeness (QED) is 0.785. The van der Waals surface area contributed by atoms with Crippen LogP contribution in [0.25, 0.3) is 0 Å². The molecule has 0 aromatic carbocycles. The number of halogens is 1. The standard InChI is InChI=1S/C10H18ClN3S/c1-4-5-9-13-10(15-14-9)12-8(3)7(2)6-11/h7-8H,4-6H2,1-3H3,(H,12,13,14). The van der Waals surface area contributed by atoms with Crippen molar-refractivity contribution in [2.75, 3.05) is 11.2 Å². The molecule has 0 amide bonds. The van der Waals surface area contributed by atoms with E-state index in [1.807, 2.05) is 0 Å². The third-order valence-corrected chi connectivity index (χ3v) is 3.56. The molecule has 1 aromatic rings. The maximum Gasteiger partial charge on any atom is 0.202 e. The Labute approximate surface area is 100 Å². The van der Waals surface area contributed by atoms with Gasteiger partial charge in [-0.25, -0.2) is 4.98 Å². The first-order valence-electron chi connectivity index (χ1n) is 5.32. The monoisotopic (exact) mass is 247 g/mol. The van der Waals surface area contributed by atoms with Crippen LogP contribution in [0.15, 0.2) is 0 Å². The summed E-state index contributed by atoms with van der Waals surface area (Å²) < 4.78 is 4.28. The molecule has 0 bridgehead atoms. The first-order valence-corrected chi connectivity index (χ1v) is 6.63. The second kappa shape index (κ2) is 6.28. The molecule has 86 valence electrons. The van der Waals surface area contributed by atoms with Gasteiger partial charge in [0.15, 0.2) is 0 Å². The lowest BCUT2D eigenvalue weighted by molar-refractivity contribution is 0.565. The molecule has 5 heteroatoms. The Morgan fingerprint density at radius 1 is 1.47 bits per heavy atom. The number of hydrogen-bond donors (Lipinski definition) is 1. The molecule has 0 fully saturated rings. The Bertz CT molecular complexity index is 290. The van der Waals surface area contributed by atoms with Crippen LogP contribution in [0, 0.1) is 5.92 Å². The number of nitrogens with one attached hydrogen (secondary N) is 1. The van der Waals surface area contributed by atoms with E-state index in [4.69, 9.17) is 11.6 Å². The van der Waals surface area contributed by atoms with E-state index in [9.17, 15) is 0 Å². The van der Waals surface area contributed by atoms with Gasteiger partial charge in [-0.2, -0.15) is 4.37 Å². The van der Waals surface area contributed by atoms with Crippen molar-refractivity contribution >= 4 is 28.3 Å². The molecular formula is C10H18ClN3S. The van der Waals surface area contributed by atoms with Crippen LogP contribution < -0.4 is 5.32 Å². The zero-order chi connectivity index (χ0) is 11.3. The fourth-order valence-corrected chi connectivity index (χ4v) is 2.08. The van der Waals surface area contributed by atoms with Gasteiger partial charge in [-0.1, -0.05) is 13.8 Å². The second-order valence-electron chi connectivity index (χ2n) is 3.83. The van der Waals surface area contributed by atoms with Crippen molar-refractivity contribution in [3.63, 3.8) is 0 Å². The van der Waals surface area contributed by atoms with Crippen molar-refractivity contribution in [2.24, 2.45) is 5.92 Å². The Morgan fingerprint density at radius 2 is 2.20 bits per heavy atom. The van der Waals surface area contributed by atoms with Crippen molar-refractivity contribution in [3.05, 3.63) is 5.82 Å². The summed E-state index contributed by atoms with van der Waals surface area (Å²) in [6, 6.07) is 0.338. The van der Waals surface area contributed by atoms with E-state index in [0.717, 1.165) is 23.8 Å². The molecule has 0 aliphatic rings. The highest BCUT2D eigenvalue weighted by Crippen LogP contribution is 2.16. The van der Waals surface area contributed by atoms with Crippen LogP contribution in [0.3, 0.4) is 0 Å². The minimum Gasteiger partial charge on any atom is -0.358 e. The summed E-state index contributed by atoms with van der Waals surface area (Å²) in [5.41, 5.74) is 0. The smallest absolute Gasteiger partial charge is 0.202 e. The second-order valence-corrected chi connectivity index (χ2v) is 4.89. The van der Waals surface area contributed by atoms with Crippen molar-refractivity contribution in [1.82, 2.24) is 9.36 Å². The first-order chi connectivity index (χ1) is 7.17. The van der Waals surface area contributed by atoms with Crippen LogP contribution >= 0.6 is 23.1 Å². The van der Waals surface area contributed by atoms with Crippen LogP contribution in [0.2, 0.25) is 0 Å². The normalized spacial score (nSPS) is 14.9. The van der Waals surface area contributed by atoms with Crippen LogP contribution in [0.4, 0.5) is 5.13 Å². The number of nitrogens with zero attached hydrogens (tertiary/aromatic N) is 2. The molecule has 0 spiro atoms. The van der Waals surface area contributed by atoms with Crippen molar-refractivity contribution in [2.45, 2.75) is 39.7 Å². The predicted molar refractivity (Wildman–Crippen MR) is 66.9 cm³/mol. The maximum atomic E-state index is 5.80. The van der Waals surface area contributed by atoms with E-state index < -0.39 is 0 Å². The van der Waals surface area contributed by atoms with Crippen LogP contribution in [-0.2, 0) is 6.42 Å². The summed E-state index contributed by atoms with van der Waals surface area (Å²) in [7, 11) is 0. The number of hydrogen-bond acceptors (Lipinski definition) is 4. The third kappa shape index (κ3) is 3.95. The van der Waals surface area contributed by atoms with Gasteiger partial charge in [0, 0.05) is 29.9 Å². The summed E-state index contributed by atoms with van der Waals surface area (Å²) in [6.07, 6.45) is 2.04. The molecule has 0 saturated heterocycles. The van der Waals surface area contributed by atoms with E-state index in [0.29, 0.717) is 17.8 Å². The van der Waals surface area contributed by atoms with Crippen LogP contribution in [0.1, 0.15) is 33.0 Å². The van der Waals surface area contributed by atoms with E-state index in [1.165, 1.54) is 11.5 Å². The number of aryl methyl sites for hydroxylation is 1. The molecule has 15 heavy (non-hydrogen) atoms. The number of alkyl halides is 1. The Hall–Kier alpha value is -0.350. The van der Waals surface area contributed by atoms with E-state index >= 15 is 0 Å². The highest BCUT2D eigenvalue weighted by atomic mass is 35.5. The van der Waals surface area contributed by atoms with E-state index in [-0.39, 0.29) is 0 Å². The summed E-state index contributed by atoms with van der Waals surface area (Å²) in [5.74, 6) is 2.04. The molecule has 3 nitrogen and oxygen atoms in total. The lowest BCUT2D eigenvalue weighted by atomic mass is 10.1. The molecule has 2 atom stereocenters. The summed E-state index contributed by atoms with van der Waals surface area (Å²) in [4.78, 5) is 4.41. The number of rotatable bonds is 6. The molecule has 0 aliphatic heterocycles. The Kier molecular flexibility index (Phi) is 5.32. The largest absolute Gasteiger partial charge is 0.358 e. The molecular weight excluding hydrogens is 230 g/mol. The average molecular weight is 248 g/mol. The van der Waals surface area contributed by atoms with Crippen molar-refractivity contribution in [3.8, 4) is 0 Å². The average Bonchev–Trinajstić information content (AvgIpc) is 2.65. The van der Waals surface area contributed by atoms with Gasteiger partial charge in [-0.05, 0) is 19.3 Å². The molecule has 0 saturated carbocycles. The number of aromatic nitrogens is 2. The molecule has 0 aliphatic carbocycles. The van der Waals surface area contributed by atoms with Gasteiger partial charge in [0.2, 0.25) is 5.13 Å². The molecule has 2 unspecified atom stereocenters. The molecule has 1 N–H and O–H groups in total. The molecule has 1 heterocycles. The molecule has 1 rings (SSSR count). The lowest BCUT2D eigenvalue weighted by Crippen LogP contribution is -2.24. The highest BCUT2D eigenvalue weighted by molar-refractivity contribution is 7.09. The van der Waals surface area contributed by atoms with E-state index in [2.05, 4.69) is 35.4 Å². The van der Waals surface area contributed by atoms with Gasteiger partial charge in [-0.15, -0.1) is 11.6 Å². The summed E-state index contributed by atoms with van der Waals surface area (Å²) >= 11 is 7.23. The highest BCUT2D eigenvalue weighted by Gasteiger charge is 2.12. The topological polar surface area (TPSA) is 37.8 Å². The zero-order valence-electron chi connectivity index (χ0n) is 9.46. The minimum atomic E-state index is 0.338. The maximum absolute atomic E-state index is 5.80. The third-order valence-electron chi connectivity index (χ3n) is 2.39. The fraction of sp³-hybridized carbons (Fsp3) is 0.800. The van der Waals surface area contributed by atoms with Gasteiger partial charge >= 0.3 is 0 Å². The van der Waals surface area contributed by atoms with Gasteiger partial charge in [0.05, 0.1) is 0 Å². The van der Waals surface area contributed by atoms with Gasteiger partial charge in [0.1, 0.15) is 5.82 Å². The first kappa shape index (κ1) is 12.7. The Morgan fingerprint density at radius 3 is 2.80 bits per heavy atom.